The van der Waals surface area contributed by atoms with Gasteiger partial charge in [-0.2, -0.15) is 0 Å². The lowest BCUT2D eigenvalue weighted by atomic mass is 10.1. The number of hydrogen-bond acceptors (Lipinski definition) is 4. The van der Waals surface area contributed by atoms with E-state index in [0.29, 0.717) is 10.9 Å². The Morgan fingerprint density at radius 3 is 2.83 bits per heavy atom. The molecule has 3 aromatic rings. The molecule has 2 aromatic heterocycles. The highest BCUT2D eigenvalue weighted by Crippen LogP contribution is 2.25. The molecule has 0 saturated heterocycles. The predicted molar refractivity (Wildman–Crippen MR) is 75.6 cm³/mol. The summed E-state index contributed by atoms with van der Waals surface area (Å²) in [7, 11) is 0. The van der Waals surface area contributed by atoms with Gasteiger partial charge in [-0.25, -0.2) is 9.18 Å². The van der Waals surface area contributed by atoms with E-state index in [9.17, 15) is 22.9 Å². The van der Waals surface area contributed by atoms with Crippen LogP contribution >= 0.6 is 0 Å². The maximum Gasteiger partial charge on any atom is 0.340 e. The van der Waals surface area contributed by atoms with Gasteiger partial charge in [-0.15, -0.1) is 8.96 Å². The lowest BCUT2D eigenvalue weighted by molar-refractivity contribution is -0.158. The van der Waals surface area contributed by atoms with Crippen LogP contribution in [0.25, 0.3) is 21.8 Å². The summed E-state index contributed by atoms with van der Waals surface area (Å²) in [6.07, 6.45) is 1.23. The van der Waals surface area contributed by atoms with Crippen molar-refractivity contribution in [3.8, 4) is 0 Å². The summed E-state index contributed by atoms with van der Waals surface area (Å²) in [6, 6.07) is 3.71. The zero-order valence-electron chi connectivity index (χ0n) is 11.5. The first-order chi connectivity index (χ1) is 11.0. The van der Waals surface area contributed by atoms with E-state index in [4.69, 9.17) is 4.74 Å². The van der Waals surface area contributed by atoms with Crippen molar-refractivity contribution in [1.82, 2.24) is 15.3 Å². The number of nitrogens with zero attached hydrogens (tertiary/aromatic N) is 1. The highest BCUT2D eigenvalue weighted by atomic mass is 19.4. The molecule has 0 radical (unpaired) electrons. The normalized spacial score (nSPS) is 11.5. The molecular formula is C14H10F3N3O3. The van der Waals surface area contributed by atoms with Crippen molar-refractivity contribution < 1.29 is 22.9 Å². The number of aromatic amines is 2. The highest BCUT2D eigenvalue weighted by Gasteiger charge is 2.18. The molecule has 0 aliphatic carbocycles. The molecule has 1 aromatic carbocycles. The average Bonchev–Trinajstić information content (AvgIpc) is 2.93. The van der Waals surface area contributed by atoms with E-state index in [1.165, 1.54) is 24.4 Å². The summed E-state index contributed by atoms with van der Waals surface area (Å²) in [5.41, 5.74) is -0.0910. The first-order valence-corrected chi connectivity index (χ1v) is 6.56. The van der Waals surface area contributed by atoms with Crippen molar-refractivity contribution in [2.45, 2.75) is 0 Å². The number of nitrogens with one attached hydrogen (secondary N) is 2. The number of H-pyrrole nitrogens is 2. The van der Waals surface area contributed by atoms with Crippen LogP contribution in [0, 0.1) is 5.82 Å². The molecule has 23 heavy (non-hydrogen) atoms. The number of fused-ring (bicyclic) bond motifs is 3. The Morgan fingerprint density at radius 2 is 2.09 bits per heavy atom. The Hall–Kier alpha value is -2.81. The fourth-order valence-electron chi connectivity index (χ4n) is 2.35. The molecule has 0 aliphatic heterocycles. The monoisotopic (exact) mass is 325 g/mol. The second-order valence-corrected chi connectivity index (χ2v) is 4.76. The number of pyridine rings is 1. The van der Waals surface area contributed by atoms with Gasteiger partial charge in [0.2, 0.25) is 0 Å². The van der Waals surface area contributed by atoms with Crippen molar-refractivity contribution >= 4 is 27.8 Å². The maximum atomic E-state index is 13.5. The van der Waals surface area contributed by atoms with Gasteiger partial charge in [0.15, 0.2) is 0 Å². The molecular weight excluding hydrogens is 315 g/mol. The Kier molecular flexibility index (Phi) is 3.78. The van der Waals surface area contributed by atoms with Crippen LogP contribution in [0.5, 0.6) is 0 Å². The summed E-state index contributed by atoms with van der Waals surface area (Å²) < 4.78 is 42.1. The molecule has 0 fully saturated rings. The third-order valence-electron chi connectivity index (χ3n) is 3.32. The topological polar surface area (TPSA) is 78.2 Å². The Morgan fingerprint density at radius 1 is 1.30 bits per heavy atom. The average molecular weight is 325 g/mol. The number of ether oxygens (including phenoxy) is 1. The summed E-state index contributed by atoms with van der Waals surface area (Å²) in [5, 5.41) is -0.617. The van der Waals surface area contributed by atoms with Crippen molar-refractivity contribution in [2.24, 2.45) is 0 Å². The van der Waals surface area contributed by atoms with Gasteiger partial charge in [-0.1, -0.05) is 0 Å². The van der Waals surface area contributed by atoms with E-state index in [1.54, 1.807) is 0 Å². The lowest BCUT2D eigenvalue weighted by Gasteiger charge is -2.05. The van der Waals surface area contributed by atoms with Gasteiger partial charge in [-0.3, -0.25) is 4.79 Å². The maximum absolute atomic E-state index is 13.5. The van der Waals surface area contributed by atoms with Crippen LogP contribution < -0.4 is 5.56 Å². The molecule has 6 nitrogen and oxygen atoms in total. The number of hydrogen-bond donors (Lipinski definition) is 2. The molecule has 0 unspecified atom stereocenters. The van der Waals surface area contributed by atoms with Gasteiger partial charge in [0.05, 0.1) is 12.1 Å². The van der Waals surface area contributed by atoms with Gasteiger partial charge in [-0.05, 0) is 18.2 Å². The standard InChI is InChI=1S/C14H10F3N3O3/c15-7-1-2-10-8(5-7)11-9(6-18-12(11)13(21)19-10)14(22)23-4-3-20(16)17/h1-2,5-6,18H,3-4H2,(H,19,21). The highest BCUT2D eigenvalue weighted by molar-refractivity contribution is 6.14. The molecule has 0 amide bonds. The molecule has 0 aliphatic rings. The van der Waals surface area contributed by atoms with Crippen LogP contribution in [0.2, 0.25) is 0 Å². The number of esters is 1. The number of benzene rings is 1. The molecule has 120 valence electrons. The van der Waals surface area contributed by atoms with Crippen molar-refractivity contribution in [1.29, 1.82) is 0 Å². The van der Waals surface area contributed by atoms with E-state index >= 15 is 0 Å². The van der Waals surface area contributed by atoms with Crippen LogP contribution in [0.3, 0.4) is 0 Å². The third-order valence-corrected chi connectivity index (χ3v) is 3.32. The van der Waals surface area contributed by atoms with E-state index in [2.05, 4.69) is 9.97 Å². The van der Waals surface area contributed by atoms with Crippen LogP contribution in [-0.4, -0.2) is 34.4 Å². The minimum absolute atomic E-state index is 0.0223. The van der Waals surface area contributed by atoms with Crippen molar-refractivity contribution in [2.75, 3.05) is 13.2 Å². The van der Waals surface area contributed by atoms with Crippen LogP contribution in [0.1, 0.15) is 10.4 Å². The molecule has 2 N–H and O–H groups in total. The molecule has 2 heterocycles. The first kappa shape index (κ1) is 15.1. The summed E-state index contributed by atoms with van der Waals surface area (Å²) in [6.45, 7) is -1.27. The number of aromatic nitrogens is 2. The second kappa shape index (κ2) is 5.76. The Bertz CT molecular complexity index is 949. The van der Waals surface area contributed by atoms with Crippen LogP contribution in [0.15, 0.2) is 29.2 Å². The zero-order valence-corrected chi connectivity index (χ0v) is 11.5. The SMILES string of the molecule is O=C(OCCN(F)F)c1c[nH]c2c(=O)[nH]c3ccc(F)cc3c12. The lowest BCUT2D eigenvalue weighted by Crippen LogP contribution is -2.15. The molecule has 0 saturated carbocycles. The van der Waals surface area contributed by atoms with Gasteiger partial charge >= 0.3 is 5.97 Å². The number of halogens is 3. The Balaban J connectivity index is 2.11. The largest absolute Gasteiger partial charge is 0.460 e. The summed E-state index contributed by atoms with van der Waals surface area (Å²) in [4.78, 5) is 29.2. The number of carbonyl (C=O) groups is 1. The number of rotatable bonds is 4. The smallest absolute Gasteiger partial charge is 0.340 e. The minimum Gasteiger partial charge on any atom is -0.460 e. The van der Waals surface area contributed by atoms with Gasteiger partial charge < -0.3 is 14.7 Å². The molecule has 9 heteroatoms. The third kappa shape index (κ3) is 2.78. The summed E-state index contributed by atoms with van der Waals surface area (Å²) >= 11 is 0. The fourth-order valence-corrected chi connectivity index (χ4v) is 2.35. The van der Waals surface area contributed by atoms with E-state index < -0.39 is 35.8 Å². The van der Waals surface area contributed by atoms with E-state index in [-0.39, 0.29) is 16.5 Å². The quantitative estimate of drug-likeness (QED) is 0.570. The van der Waals surface area contributed by atoms with Crippen LogP contribution in [-0.2, 0) is 4.74 Å². The van der Waals surface area contributed by atoms with Gasteiger partial charge in [0.25, 0.3) is 5.56 Å². The molecule has 0 bridgehead atoms. The zero-order chi connectivity index (χ0) is 16.6. The minimum atomic E-state index is -1.11. The van der Waals surface area contributed by atoms with E-state index in [1.807, 2.05) is 0 Å². The Labute approximate surface area is 126 Å². The predicted octanol–water partition coefficient (Wildman–Crippen LogP) is 2.38. The molecule has 0 atom stereocenters. The van der Waals surface area contributed by atoms with Crippen molar-refractivity contribution in [3.63, 3.8) is 0 Å². The molecule has 0 spiro atoms. The number of carbonyl (C=O) groups excluding carboxylic acids is 1. The fraction of sp³-hybridized carbons (Fsp3) is 0.143. The van der Waals surface area contributed by atoms with Crippen LogP contribution in [0.4, 0.5) is 13.4 Å². The van der Waals surface area contributed by atoms with Gasteiger partial charge in [0, 0.05) is 27.8 Å². The second-order valence-electron chi connectivity index (χ2n) is 4.76. The molecule has 3 rings (SSSR count). The first-order valence-electron chi connectivity index (χ1n) is 6.56. The van der Waals surface area contributed by atoms with Gasteiger partial charge in [0.1, 0.15) is 17.9 Å². The summed E-state index contributed by atoms with van der Waals surface area (Å²) in [5.74, 6) is -1.42. The van der Waals surface area contributed by atoms with E-state index in [0.717, 1.165) is 0 Å². The van der Waals surface area contributed by atoms with Crippen molar-refractivity contribution in [3.05, 3.63) is 46.1 Å².